The molecule has 5 heteroatoms. The molecule has 0 spiro atoms. The first kappa shape index (κ1) is 26.9. The number of fused-ring (bicyclic) bond motifs is 4. The number of nitrogens with zero attached hydrogens (tertiary/aromatic N) is 3. The fraction of sp³-hybridized carbons (Fsp3) is 0. The summed E-state index contributed by atoms with van der Waals surface area (Å²) in [6, 6.07) is 53.0. The molecule has 6 aromatic carbocycles. The lowest BCUT2D eigenvalue weighted by Gasteiger charge is -2.11. The number of hydrogen-bond acceptors (Lipinski definition) is 5. The predicted molar refractivity (Wildman–Crippen MR) is 195 cm³/mol. The third-order valence-corrected chi connectivity index (χ3v) is 10.6. The molecule has 3 aromatic heterocycles. The van der Waals surface area contributed by atoms with E-state index in [2.05, 4.69) is 133 Å². The van der Waals surface area contributed by atoms with Gasteiger partial charge in [0.1, 0.15) is 5.01 Å². The van der Waals surface area contributed by atoms with Gasteiger partial charge in [0.25, 0.3) is 0 Å². The van der Waals surface area contributed by atoms with Crippen LogP contribution in [0, 0.1) is 0 Å². The van der Waals surface area contributed by atoms with E-state index >= 15 is 0 Å². The number of para-hydroxylation sites is 1. The van der Waals surface area contributed by atoms with E-state index in [1.807, 2.05) is 29.5 Å². The van der Waals surface area contributed by atoms with E-state index in [9.17, 15) is 0 Å². The maximum atomic E-state index is 5.26. The van der Waals surface area contributed by atoms with Gasteiger partial charge in [-0.2, -0.15) is 0 Å². The topological polar surface area (TPSA) is 38.7 Å². The highest BCUT2D eigenvalue weighted by molar-refractivity contribution is 7.27. The van der Waals surface area contributed by atoms with Crippen molar-refractivity contribution in [2.45, 2.75) is 0 Å². The summed E-state index contributed by atoms with van der Waals surface area (Å²) in [5, 5.41) is 3.43. The van der Waals surface area contributed by atoms with Crippen molar-refractivity contribution in [3.8, 4) is 55.6 Å². The van der Waals surface area contributed by atoms with Crippen LogP contribution in [0.1, 0.15) is 0 Å². The van der Waals surface area contributed by atoms with Crippen molar-refractivity contribution >= 4 is 53.1 Å². The zero-order chi connectivity index (χ0) is 30.5. The first-order chi connectivity index (χ1) is 22.8. The lowest BCUT2D eigenvalue weighted by atomic mass is 10.00. The van der Waals surface area contributed by atoms with E-state index in [0.717, 1.165) is 50.0 Å². The quantitative estimate of drug-likeness (QED) is 0.191. The smallest absolute Gasteiger partial charge is 0.161 e. The van der Waals surface area contributed by atoms with Crippen molar-refractivity contribution in [1.82, 2.24) is 15.0 Å². The Kier molecular flexibility index (Phi) is 6.51. The molecule has 3 heterocycles. The van der Waals surface area contributed by atoms with Gasteiger partial charge in [-0.25, -0.2) is 15.0 Å². The van der Waals surface area contributed by atoms with Crippen molar-refractivity contribution in [1.29, 1.82) is 0 Å². The summed E-state index contributed by atoms with van der Waals surface area (Å²) in [6.45, 7) is 0. The molecule has 0 saturated carbocycles. The first-order valence-corrected chi connectivity index (χ1v) is 16.8. The van der Waals surface area contributed by atoms with E-state index in [1.54, 1.807) is 11.3 Å². The summed E-state index contributed by atoms with van der Waals surface area (Å²) in [6.07, 6.45) is 0. The highest BCUT2D eigenvalue weighted by atomic mass is 32.1. The lowest BCUT2D eigenvalue weighted by Crippen LogP contribution is -1.96. The summed E-state index contributed by atoms with van der Waals surface area (Å²) in [7, 11) is 0. The van der Waals surface area contributed by atoms with Crippen LogP contribution in [-0.2, 0) is 0 Å². The maximum absolute atomic E-state index is 5.26. The SMILES string of the molecule is c1ccc(-c2cccc(-c3cc(-c4ccccc4)nc(-c4cccc5sc6c(-c7nc8ccccc8s7)cccc6c45)n3)c2)cc1. The van der Waals surface area contributed by atoms with Gasteiger partial charge in [0.05, 0.1) is 21.6 Å². The van der Waals surface area contributed by atoms with Crippen molar-refractivity contribution in [2.24, 2.45) is 0 Å². The Hall–Kier alpha value is -5.49. The molecule has 216 valence electrons. The second-order valence-electron chi connectivity index (χ2n) is 11.2. The van der Waals surface area contributed by atoms with Gasteiger partial charge in [0.2, 0.25) is 0 Å². The van der Waals surface area contributed by atoms with Gasteiger partial charge in [-0.3, -0.25) is 0 Å². The molecule has 0 atom stereocenters. The molecule has 0 aliphatic heterocycles. The van der Waals surface area contributed by atoms with Gasteiger partial charge in [-0.15, -0.1) is 22.7 Å². The van der Waals surface area contributed by atoms with Crippen molar-refractivity contribution in [2.75, 3.05) is 0 Å². The van der Waals surface area contributed by atoms with Crippen LogP contribution in [-0.4, -0.2) is 15.0 Å². The molecule has 0 unspecified atom stereocenters. The number of thiophene rings is 1. The normalized spacial score (nSPS) is 11.5. The predicted octanol–water partition coefficient (Wildman–Crippen LogP) is 11.8. The number of hydrogen-bond donors (Lipinski definition) is 0. The molecule has 46 heavy (non-hydrogen) atoms. The Morgan fingerprint density at radius 1 is 0.413 bits per heavy atom. The van der Waals surface area contributed by atoms with E-state index in [0.29, 0.717) is 0 Å². The number of rotatable bonds is 5. The standard InChI is InChI=1S/C41H25N3S2/c1-3-12-26(13-4-1)28-16-9-17-29(24-28)35-25-34(27-14-5-2-6-15-27)42-40(43-35)31-19-11-23-37-38(31)30-18-10-20-32(39(30)45-37)41-44-33-21-7-8-22-36(33)46-41/h1-25H. The minimum absolute atomic E-state index is 0.720. The molecule has 9 rings (SSSR count). The molecule has 3 nitrogen and oxygen atoms in total. The monoisotopic (exact) mass is 623 g/mol. The molecule has 0 radical (unpaired) electrons. The van der Waals surface area contributed by atoms with Crippen LogP contribution in [0.4, 0.5) is 0 Å². The number of aromatic nitrogens is 3. The summed E-state index contributed by atoms with van der Waals surface area (Å²) in [4.78, 5) is 15.5. The molecule has 0 amide bonds. The minimum Gasteiger partial charge on any atom is -0.236 e. The Bertz CT molecular complexity index is 2500. The number of benzene rings is 6. The van der Waals surface area contributed by atoms with Gasteiger partial charge in [0.15, 0.2) is 5.82 Å². The molecule has 0 bridgehead atoms. The zero-order valence-electron chi connectivity index (χ0n) is 24.6. The lowest BCUT2D eigenvalue weighted by molar-refractivity contribution is 1.19. The van der Waals surface area contributed by atoms with Gasteiger partial charge < -0.3 is 0 Å². The Balaban J connectivity index is 1.25. The summed E-state index contributed by atoms with van der Waals surface area (Å²) >= 11 is 3.56. The molecule has 0 aliphatic carbocycles. The fourth-order valence-corrected chi connectivity index (χ4v) is 8.46. The maximum Gasteiger partial charge on any atom is 0.161 e. The molecule has 0 fully saturated rings. The van der Waals surface area contributed by atoms with Crippen LogP contribution < -0.4 is 0 Å². The van der Waals surface area contributed by atoms with Gasteiger partial charge >= 0.3 is 0 Å². The Morgan fingerprint density at radius 2 is 1.04 bits per heavy atom. The molecule has 0 N–H and O–H groups in total. The van der Waals surface area contributed by atoms with Crippen LogP contribution in [0.2, 0.25) is 0 Å². The second-order valence-corrected chi connectivity index (χ2v) is 13.3. The minimum atomic E-state index is 0.720. The van der Waals surface area contributed by atoms with Gasteiger partial charge in [0, 0.05) is 42.4 Å². The van der Waals surface area contributed by atoms with Crippen molar-refractivity contribution in [3.63, 3.8) is 0 Å². The first-order valence-electron chi connectivity index (χ1n) is 15.2. The average Bonchev–Trinajstić information content (AvgIpc) is 3.74. The molecule has 0 aliphatic rings. The van der Waals surface area contributed by atoms with Crippen molar-refractivity contribution < 1.29 is 0 Å². The van der Waals surface area contributed by atoms with E-state index < -0.39 is 0 Å². The summed E-state index contributed by atoms with van der Waals surface area (Å²) in [5.74, 6) is 0.720. The molecular weight excluding hydrogens is 599 g/mol. The van der Waals surface area contributed by atoms with Crippen LogP contribution in [0.5, 0.6) is 0 Å². The molecule has 9 aromatic rings. The average molecular weight is 624 g/mol. The number of thiazole rings is 1. The molecular formula is C41H25N3S2. The van der Waals surface area contributed by atoms with E-state index in [1.165, 1.54) is 36.0 Å². The molecule has 0 saturated heterocycles. The van der Waals surface area contributed by atoms with Crippen LogP contribution in [0.15, 0.2) is 152 Å². The van der Waals surface area contributed by atoms with Gasteiger partial charge in [-0.1, -0.05) is 121 Å². The Labute approximate surface area is 274 Å². The third-order valence-electron chi connectivity index (χ3n) is 8.35. The Morgan fingerprint density at radius 3 is 1.87 bits per heavy atom. The second kappa shape index (κ2) is 11.1. The van der Waals surface area contributed by atoms with E-state index in [4.69, 9.17) is 15.0 Å². The zero-order valence-corrected chi connectivity index (χ0v) is 26.2. The summed E-state index contributed by atoms with van der Waals surface area (Å²) in [5.41, 5.74) is 9.50. The van der Waals surface area contributed by atoms with Crippen LogP contribution in [0.25, 0.3) is 86.0 Å². The largest absolute Gasteiger partial charge is 0.236 e. The summed E-state index contributed by atoms with van der Waals surface area (Å²) < 4.78 is 3.65. The van der Waals surface area contributed by atoms with E-state index in [-0.39, 0.29) is 0 Å². The highest BCUT2D eigenvalue weighted by Crippen LogP contribution is 2.45. The fourth-order valence-electron chi connectivity index (χ4n) is 6.15. The highest BCUT2D eigenvalue weighted by Gasteiger charge is 2.19. The third kappa shape index (κ3) is 4.69. The van der Waals surface area contributed by atoms with Gasteiger partial charge in [-0.05, 0) is 41.5 Å². The van der Waals surface area contributed by atoms with Crippen LogP contribution >= 0.6 is 22.7 Å². The van der Waals surface area contributed by atoms with Crippen LogP contribution in [0.3, 0.4) is 0 Å². The van der Waals surface area contributed by atoms with Crippen molar-refractivity contribution in [3.05, 3.63) is 152 Å².